The molecular formula is C15H17BrClFN2. The Bertz CT molecular complexity index is 625. The Labute approximate surface area is 132 Å². The Hall–Kier alpha value is -0.870. The molecule has 0 fully saturated rings. The smallest absolute Gasteiger partial charge is 0.137 e. The van der Waals surface area contributed by atoms with E-state index >= 15 is 0 Å². The topological polar surface area (TPSA) is 17.8 Å². The molecule has 1 aromatic heterocycles. The maximum atomic E-state index is 13.2. The zero-order valence-corrected chi connectivity index (χ0v) is 14.1. The van der Waals surface area contributed by atoms with Crippen molar-refractivity contribution in [3.63, 3.8) is 0 Å². The molecule has 0 spiro atoms. The van der Waals surface area contributed by atoms with Crippen LogP contribution in [0.25, 0.3) is 0 Å². The van der Waals surface area contributed by atoms with Crippen LogP contribution < -0.4 is 0 Å². The second-order valence-corrected chi connectivity index (χ2v) is 6.25. The predicted octanol–water partition coefficient (Wildman–Crippen LogP) is 5.14. The van der Waals surface area contributed by atoms with Gasteiger partial charge in [-0.2, -0.15) is 5.10 Å². The van der Waals surface area contributed by atoms with E-state index < -0.39 is 0 Å². The molecule has 1 unspecified atom stereocenters. The number of nitrogens with zero attached hydrogens (tertiary/aromatic N) is 2. The normalized spacial score (nSPS) is 12.7. The van der Waals surface area contributed by atoms with E-state index in [1.165, 1.54) is 6.07 Å². The molecule has 1 atom stereocenters. The van der Waals surface area contributed by atoms with Crippen LogP contribution in [-0.2, 0) is 6.54 Å². The van der Waals surface area contributed by atoms with Crippen molar-refractivity contribution < 1.29 is 4.39 Å². The van der Waals surface area contributed by atoms with Crippen molar-refractivity contribution in [2.75, 3.05) is 0 Å². The van der Waals surface area contributed by atoms with E-state index in [1.54, 1.807) is 12.1 Å². The predicted molar refractivity (Wildman–Crippen MR) is 83.8 cm³/mol. The molecule has 108 valence electrons. The van der Waals surface area contributed by atoms with Gasteiger partial charge in [-0.05, 0) is 53.9 Å². The van der Waals surface area contributed by atoms with Crippen LogP contribution in [0.2, 0.25) is 0 Å². The van der Waals surface area contributed by atoms with Gasteiger partial charge in [-0.3, -0.25) is 4.68 Å². The van der Waals surface area contributed by atoms with Gasteiger partial charge >= 0.3 is 0 Å². The molecule has 20 heavy (non-hydrogen) atoms. The Kier molecular flexibility index (Phi) is 4.86. The molecule has 2 rings (SSSR count). The summed E-state index contributed by atoms with van der Waals surface area (Å²) in [5, 5.41) is 4.54. The molecule has 0 radical (unpaired) electrons. The molecule has 5 heteroatoms. The number of hydrogen-bond donors (Lipinski definition) is 0. The summed E-state index contributed by atoms with van der Waals surface area (Å²) < 4.78 is 15.6. The third kappa shape index (κ3) is 3.07. The Morgan fingerprint density at radius 2 is 2.10 bits per heavy atom. The first-order chi connectivity index (χ1) is 9.43. The minimum atomic E-state index is -0.255. The fourth-order valence-corrected chi connectivity index (χ4v) is 3.08. The number of aromatic nitrogens is 2. The lowest BCUT2D eigenvalue weighted by Crippen LogP contribution is -2.05. The van der Waals surface area contributed by atoms with Gasteiger partial charge in [-0.15, -0.1) is 11.6 Å². The van der Waals surface area contributed by atoms with Gasteiger partial charge in [0.2, 0.25) is 0 Å². The van der Waals surface area contributed by atoms with E-state index in [0.717, 1.165) is 28.9 Å². The summed E-state index contributed by atoms with van der Waals surface area (Å²) in [7, 11) is 0. The summed E-state index contributed by atoms with van der Waals surface area (Å²) in [6.07, 6.45) is 0.872. The zero-order chi connectivity index (χ0) is 14.9. The van der Waals surface area contributed by atoms with Gasteiger partial charge in [0.15, 0.2) is 0 Å². The molecule has 0 bridgehead atoms. The molecular weight excluding hydrogens is 343 g/mol. The number of hydrogen-bond acceptors (Lipinski definition) is 1. The monoisotopic (exact) mass is 358 g/mol. The van der Waals surface area contributed by atoms with Crippen molar-refractivity contribution in [1.29, 1.82) is 0 Å². The highest BCUT2D eigenvalue weighted by Gasteiger charge is 2.17. The van der Waals surface area contributed by atoms with Crippen LogP contribution in [0.5, 0.6) is 0 Å². The van der Waals surface area contributed by atoms with Gasteiger partial charge in [-0.25, -0.2) is 4.39 Å². The van der Waals surface area contributed by atoms with Crippen LogP contribution in [0.1, 0.15) is 41.2 Å². The zero-order valence-electron chi connectivity index (χ0n) is 11.8. The van der Waals surface area contributed by atoms with E-state index in [2.05, 4.69) is 28.0 Å². The van der Waals surface area contributed by atoms with Gasteiger partial charge in [-0.1, -0.05) is 13.0 Å². The van der Waals surface area contributed by atoms with Gasteiger partial charge in [0.05, 0.1) is 22.1 Å². The fraction of sp³-hybridized carbons (Fsp3) is 0.400. The number of benzene rings is 1. The standard InChI is InChI=1S/C15H17BrClFN2/c1-4-13(17)15-9(2)19-20(10(15)3)8-11-5-6-14(18)12(16)7-11/h5-7,13H,4,8H2,1-3H3. The number of alkyl halides is 1. The maximum absolute atomic E-state index is 13.2. The fourth-order valence-electron chi connectivity index (χ4n) is 2.33. The Balaban J connectivity index is 2.32. The molecule has 0 amide bonds. The van der Waals surface area contributed by atoms with Crippen LogP contribution >= 0.6 is 27.5 Å². The SMILES string of the molecule is CCC(Cl)c1c(C)nn(Cc2ccc(F)c(Br)c2)c1C. The van der Waals surface area contributed by atoms with Crippen molar-refractivity contribution in [1.82, 2.24) is 9.78 Å². The largest absolute Gasteiger partial charge is 0.265 e. The Morgan fingerprint density at radius 1 is 1.40 bits per heavy atom. The summed E-state index contributed by atoms with van der Waals surface area (Å²) in [6, 6.07) is 5.01. The molecule has 2 aromatic rings. The first kappa shape index (κ1) is 15.5. The van der Waals surface area contributed by atoms with Crippen molar-refractivity contribution in [2.45, 2.75) is 39.1 Å². The number of rotatable bonds is 4. The quantitative estimate of drug-likeness (QED) is 0.691. The van der Waals surface area contributed by atoms with Crippen LogP contribution in [0.15, 0.2) is 22.7 Å². The van der Waals surface area contributed by atoms with E-state index in [0.29, 0.717) is 11.0 Å². The number of aryl methyl sites for hydroxylation is 1. The Morgan fingerprint density at radius 3 is 2.70 bits per heavy atom. The second-order valence-electron chi connectivity index (χ2n) is 4.87. The van der Waals surface area contributed by atoms with Crippen LogP contribution in [0, 0.1) is 19.7 Å². The lowest BCUT2D eigenvalue weighted by molar-refractivity contribution is 0.616. The van der Waals surface area contributed by atoms with Crippen molar-refractivity contribution in [3.8, 4) is 0 Å². The summed E-state index contributed by atoms with van der Waals surface area (Å²) in [5.74, 6) is -0.255. The van der Waals surface area contributed by atoms with Gasteiger partial charge < -0.3 is 0 Å². The van der Waals surface area contributed by atoms with E-state index in [4.69, 9.17) is 11.6 Å². The van der Waals surface area contributed by atoms with E-state index in [1.807, 2.05) is 18.5 Å². The first-order valence-corrected chi connectivity index (χ1v) is 7.78. The summed E-state index contributed by atoms with van der Waals surface area (Å²) in [5.41, 5.74) is 4.14. The number of halogens is 3. The van der Waals surface area contributed by atoms with Crippen LogP contribution in [-0.4, -0.2) is 9.78 Å². The lowest BCUT2D eigenvalue weighted by Gasteiger charge is -2.09. The second kappa shape index (κ2) is 6.27. The highest BCUT2D eigenvalue weighted by molar-refractivity contribution is 9.10. The average molecular weight is 360 g/mol. The van der Waals surface area contributed by atoms with Crippen molar-refractivity contribution in [2.24, 2.45) is 0 Å². The van der Waals surface area contributed by atoms with E-state index in [-0.39, 0.29) is 11.2 Å². The van der Waals surface area contributed by atoms with E-state index in [9.17, 15) is 4.39 Å². The molecule has 2 nitrogen and oxygen atoms in total. The highest BCUT2D eigenvalue weighted by Crippen LogP contribution is 2.30. The lowest BCUT2D eigenvalue weighted by atomic mass is 10.1. The third-order valence-electron chi connectivity index (χ3n) is 3.43. The molecule has 0 aliphatic rings. The van der Waals surface area contributed by atoms with Gasteiger partial charge in [0, 0.05) is 11.3 Å². The molecule has 0 saturated carbocycles. The maximum Gasteiger partial charge on any atom is 0.137 e. The molecule has 0 aliphatic heterocycles. The molecule has 0 aliphatic carbocycles. The van der Waals surface area contributed by atoms with Crippen molar-refractivity contribution in [3.05, 3.63) is 51.0 Å². The van der Waals surface area contributed by atoms with Crippen molar-refractivity contribution >= 4 is 27.5 Å². The third-order valence-corrected chi connectivity index (χ3v) is 4.56. The summed E-state index contributed by atoms with van der Waals surface area (Å²) in [6.45, 7) is 6.67. The summed E-state index contributed by atoms with van der Waals surface area (Å²) >= 11 is 9.56. The molecule has 0 saturated heterocycles. The van der Waals surface area contributed by atoms with Gasteiger partial charge in [0.1, 0.15) is 5.82 Å². The minimum Gasteiger partial charge on any atom is -0.265 e. The molecule has 0 N–H and O–H groups in total. The molecule has 1 aromatic carbocycles. The van der Waals surface area contributed by atoms with Crippen LogP contribution in [0.4, 0.5) is 4.39 Å². The minimum absolute atomic E-state index is 0.0105. The highest BCUT2D eigenvalue weighted by atomic mass is 79.9. The molecule has 1 heterocycles. The van der Waals surface area contributed by atoms with Gasteiger partial charge in [0.25, 0.3) is 0 Å². The van der Waals surface area contributed by atoms with Crippen LogP contribution in [0.3, 0.4) is 0 Å². The average Bonchev–Trinajstić information content (AvgIpc) is 2.68. The first-order valence-electron chi connectivity index (χ1n) is 6.56. The summed E-state index contributed by atoms with van der Waals surface area (Å²) in [4.78, 5) is 0.